The number of anilines is 1. The molecule has 0 aliphatic heterocycles. The predicted octanol–water partition coefficient (Wildman–Crippen LogP) is 5.33. The van der Waals surface area contributed by atoms with E-state index in [-0.39, 0.29) is 5.91 Å². The van der Waals surface area contributed by atoms with Gasteiger partial charge in [0.1, 0.15) is 12.4 Å². The molecule has 0 bridgehead atoms. The quantitative estimate of drug-likeness (QED) is 0.535. The third kappa shape index (κ3) is 5.32. The van der Waals surface area contributed by atoms with E-state index in [4.69, 9.17) is 4.74 Å². The third-order valence-electron chi connectivity index (χ3n) is 4.20. The van der Waals surface area contributed by atoms with Crippen LogP contribution in [-0.2, 0) is 11.4 Å². The average molecular weight is 357 g/mol. The number of benzene rings is 3. The maximum Gasteiger partial charge on any atom is 0.250 e. The van der Waals surface area contributed by atoms with Crippen LogP contribution < -0.4 is 9.64 Å². The maximum absolute atomic E-state index is 12.5. The van der Waals surface area contributed by atoms with E-state index < -0.39 is 0 Å². The molecule has 3 rings (SSSR count). The number of nitrogens with zero attached hydrogens (tertiary/aromatic N) is 1. The SMILES string of the molecule is CCN(C(=O)/C=C/c1ccc(OCc2ccccc2)cc1)c1ccccc1. The van der Waals surface area contributed by atoms with Crippen molar-refractivity contribution in [1.29, 1.82) is 0 Å². The van der Waals surface area contributed by atoms with Crippen molar-refractivity contribution in [3.63, 3.8) is 0 Å². The molecule has 0 spiro atoms. The van der Waals surface area contributed by atoms with Gasteiger partial charge in [-0.3, -0.25) is 4.79 Å². The van der Waals surface area contributed by atoms with Crippen molar-refractivity contribution in [3.8, 4) is 5.75 Å². The van der Waals surface area contributed by atoms with Crippen LogP contribution in [0.15, 0.2) is 91.0 Å². The minimum Gasteiger partial charge on any atom is -0.489 e. The smallest absolute Gasteiger partial charge is 0.250 e. The first-order valence-electron chi connectivity index (χ1n) is 9.07. The van der Waals surface area contributed by atoms with Crippen LogP contribution in [0.1, 0.15) is 18.1 Å². The van der Waals surface area contributed by atoms with Crippen molar-refractivity contribution in [2.24, 2.45) is 0 Å². The van der Waals surface area contributed by atoms with E-state index in [1.807, 2.05) is 97.9 Å². The molecule has 0 unspecified atom stereocenters. The molecule has 0 saturated carbocycles. The fourth-order valence-electron chi connectivity index (χ4n) is 2.75. The molecule has 0 fully saturated rings. The van der Waals surface area contributed by atoms with Gasteiger partial charge in [-0.2, -0.15) is 0 Å². The highest BCUT2D eigenvalue weighted by Crippen LogP contribution is 2.17. The van der Waals surface area contributed by atoms with E-state index in [9.17, 15) is 4.79 Å². The van der Waals surface area contributed by atoms with Crippen molar-refractivity contribution in [1.82, 2.24) is 0 Å². The summed E-state index contributed by atoms with van der Waals surface area (Å²) in [6, 6.07) is 27.5. The van der Waals surface area contributed by atoms with Crippen LogP contribution in [0.2, 0.25) is 0 Å². The lowest BCUT2D eigenvalue weighted by Gasteiger charge is -2.19. The molecule has 0 atom stereocenters. The second-order valence-corrected chi connectivity index (χ2v) is 6.09. The monoisotopic (exact) mass is 357 g/mol. The summed E-state index contributed by atoms with van der Waals surface area (Å²) in [5.41, 5.74) is 2.99. The van der Waals surface area contributed by atoms with Crippen LogP contribution in [0, 0.1) is 0 Å². The Morgan fingerprint density at radius 3 is 2.15 bits per heavy atom. The molecule has 1 amide bonds. The van der Waals surface area contributed by atoms with Gasteiger partial charge in [-0.1, -0.05) is 60.7 Å². The molecule has 3 aromatic carbocycles. The van der Waals surface area contributed by atoms with Crippen molar-refractivity contribution < 1.29 is 9.53 Å². The zero-order valence-corrected chi connectivity index (χ0v) is 15.4. The minimum atomic E-state index is -0.0342. The van der Waals surface area contributed by atoms with Gasteiger partial charge in [-0.15, -0.1) is 0 Å². The second kappa shape index (κ2) is 9.39. The van der Waals surface area contributed by atoms with Gasteiger partial charge in [0.05, 0.1) is 0 Å². The summed E-state index contributed by atoms with van der Waals surface area (Å²) in [7, 11) is 0. The number of carbonyl (C=O) groups excluding carboxylic acids is 1. The van der Waals surface area contributed by atoms with E-state index in [2.05, 4.69) is 0 Å². The molecule has 0 N–H and O–H groups in total. The predicted molar refractivity (Wildman–Crippen MR) is 111 cm³/mol. The normalized spacial score (nSPS) is 10.7. The fourth-order valence-corrected chi connectivity index (χ4v) is 2.75. The molecular weight excluding hydrogens is 334 g/mol. The molecule has 3 heteroatoms. The first-order valence-corrected chi connectivity index (χ1v) is 9.07. The molecular formula is C24H23NO2. The minimum absolute atomic E-state index is 0.0342. The first kappa shape index (κ1) is 18.5. The average Bonchev–Trinajstić information content (AvgIpc) is 2.73. The zero-order valence-electron chi connectivity index (χ0n) is 15.4. The summed E-state index contributed by atoms with van der Waals surface area (Å²) in [6.07, 6.45) is 3.44. The van der Waals surface area contributed by atoms with Crippen LogP contribution in [-0.4, -0.2) is 12.5 Å². The number of rotatable bonds is 7. The molecule has 27 heavy (non-hydrogen) atoms. The second-order valence-electron chi connectivity index (χ2n) is 6.09. The standard InChI is InChI=1S/C24H23NO2/c1-2-25(22-11-7-4-8-12-22)24(26)18-15-20-13-16-23(17-14-20)27-19-21-9-5-3-6-10-21/h3-18H,2,19H2,1H3/b18-15+. The molecule has 0 saturated heterocycles. The third-order valence-corrected chi connectivity index (χ3v) is 4.20. The Morgan fingerprint density at radius 1 is 0.889 bits per heavy atom. The molecule has 0 radical (unpaired) electrons. The highest BCUT2D eigenvalue weighted by molar-refractivity contribution is 6.03. The summed E-state index contributed by atoms with van der Waals surface area (Å²) in [5, 5.41) is 0. The number of amides is 1. The van der Waals surface area contributed by atoms with Gasteiger partial charge >= 0.3 is 0 Å². The summed E-state index contributed by atoms with van der Waals surface area (Å²) in [4.78, 5) is 14.2. The molecule has 0 heterocycles. The number of ether oxygens (including phenoxy) is 1. The van der Waals surface area contributed by atoms with Gasteiger partial charge in [0.15, 0.2) is 0 Å². The van der Waals surface area contributed by atoms with Crippen LogP contribution in [0.25, 0.3) is 6.08 Å². The van der Waals surface area contributed by atoms with Crippen molar-refractivity contribution in [2.45, 2.75) is 13.5 Å². The Balaban J connectivity index is 1.59. The van der Waals surface area contributed by atoms with Gasteiger partial charge in [-0.25, -0.2) is 0 Å². The number of hydrogen-bond acceptors (Lipinski definition) is 2. The van der Waals surface area contributed by atoms with E-state index >= 15 is 0 Å². The van der Waals surface area contributed by atoms with E-state index in [1.165, 1.54) is 0 Å². The Hall–Kier alpha value is -3.33. The van der Waals surface area contributed by atoms with Gasteiger partial charge in [0.25, 0.3) is 5.91 Å². The largest absolute Gasteiger partial charge is 0.489 e. The number of hydrogen-bond donors (Lipinski definition) is 0. The number of para-hydroxylation sites is 1. The van der Waals surface area contributed by atoms with Gasteiger partial charge in [0.2, 0.25) is 0 Å². The molecule has 136 valence electrons. The number of carbonyl (C=O) groups is 1. The highest BCUT2D eigenvalue weighted by atomic mass is 16.5. The van der Waals surface area contributed by atoms with E-state index in [0.717, 1.165) is 22.6 Å². The summed E-state index contributed by atoms with van der Waals surface area (Å²) >= 11 is 0. The molecule has 0 aliphatic rings. The summed E-state index contributed by atoms with van der Waals surface area (Å²) in [5.74, 6) is 0.773. The Bertz CT molecular complexity index is 871. The van der Waals surface area contributed by atoms with E-state index in [1.54, 1.807) is 11.0 Å². The lowest BCUT2D eigenvalue weighted by atomic mass is 10.2. The van der Waals surface area contributed by atoms with E-state index in [0.29, 0.717) is 13.2 Å². The Labute approximate surface area is 160 Å². The van der Waals surface area contributed by atoms with Crippen LogP contribution >= 0.6 is 0 Å². The molecule has 0 aliphatic carbocycles. The fraction of sp³-hybridized carbons (Fsp3) is 0.125. The van der Waals surface area contributed by atoms with Gasteiger partial charge in [0, 0.05) is 18.3 Å². The van der Waals surface area contributed by atoms with Crippen molar-refractivity contribution in [3.05, 3.63) is 102 Å². The van der Waals surface area contributed by atoms with Crippen LogP contribution in [0.3, 0.4) is 0 Å². The molecule has 0 aromatic heterocycles. The molecule has 3 aromatic rings. The zero-order chi connectivity index (χ0) is 18.9. The summed E-state index contributed by atoms with van der Waals surface area (Å²) in [6.45, 7) is 3.13. The maximum atomic E-state index is 12.5. The lowest BCUT2D eigenvalue weighted by Crippen LogP contribution is -2.28. The highest BCUT2D eigenvalue weighted by Gasteiger charge is 2.09. The van der Waals surface area contributed by atoms with Crippen molar-refractivity contribution >= 4 is 17.7 Å². The van der Waals surface area contributed by atoms with Crippen molar-refractivity contribution in [2.75, 3.05) is 11.4 Å². The lowest BCUT2D eigenvalue weighted by molar-refractivity contribution is -0.114. The van der Waals surface area contributed by atoms with Gasteiger partial charge in [-0.05, 0) is 48.4 Å². The first-order chi connectivity index (χ1) is 13.3. The van der Waals surface area contributed by atoms with Crippen LogP contribution in [0.5, 0.6) is 5.75 Å². The number of likely N-dealkylation sites (N-methyl/N-ethyl adjacent to an activating group) is 1. The molecule has 3 nitrogen and oxygen atoms in total. The van der Waals surface area contributed by atoms with Crippen LogP contribution in [0.4, 0.5) is 5.69 Å². The van der Waals surface area contributed by atoms with Gasteiger partial charge < -0.3 is 9.64 Å². The summed E-state index contributed by atoms with van der Waals surface area (Å²) < 4.78 is 5.79. The topological polar surface area (TPSA) is 29.5 Å². The Kier molecular flexibility index (Phi) is 6.42. The Morgan fingerprint density at radius 2 is 1.52 bits per heavy atom.